The molecule has 3 rings (SSSR count). The van der Waals surface area contributed by atoms with Crippen LogP contribution in [-0.2, 0) is 6.54 Å². The number of hydrogen-bond donors (Lipinski definition) is 0. The van der Waals surface area contributed by atoms with Gasteiger partial charge < -0.3 is 13.6 Å². The highest BCUT2D eigenvalue weighted by atomic mass is 16.5. The number of nitrogens with zero attached hydrogens (tertiary/aromatic N) is 4. The Hall–Kier alpha value is -2.70. The highest BCUT2D eigenvalue weighted by molar-refractivity contribution is 5.50. The lowest BCUT2D eigenvalue weighted by Crippen LogP contribution is -2.19. The van der Waals surface area contributed by atoms with Gasteiger partial charge in [-0.25, -0.2) is 0 Å². The lowest BCUT2D eigenvalue weighted by Gasteiger charge is -2.06. The second-order valence-corrected chi connectivity index (χ2v) is 4.83. The van der Waals surface area contributed by atoms with E-state index < -0.39 is 0 Å². The van der Waals surface area contributed by atoms with Gasteiger partial charge in [-0.1, -0.05) is 10.3 Å². The average Bonchev–Trinajstić information content (AvgIpc) is 3.02. The molecule has 0 bridgehead atoms. The largest absolute Gasteiger partial charge is 0.361 e. The van der Waals surface area contributed by atoms with Crippen molar-refractivity contribution >= 4 is 0 Å². The maximum atomic E-state index is 12.0. The molecule has 0 aliphatic rings. The summed E-state index contributed by atoms with van der Waals surface area (Å²) < 4.78 is 11.8. The smallest absolute Gasteiger partial charge is 0.259 e. The van der Waals surface area contributed by atoms with Crippen molar-refractivity contribution in [2.75, 3.05) is 0 Å². The van der Waals surface area contributed by atoms with E-state index in [4.69, 9.17) is 9.05 Å². The van der Waals surface area contributed by atoms with E-state index in [9.17, 15) is 4.79 Å². The number of rotatable bonds is 3. The molecule has 7 nitrogen and oxygen atoms in total. The Labute approximate surface area is 120 Å². The Balaban J connectivity index is 2.01. The van der Waals surface area contributed by atoms with Crippen molar-refractivity contribution in [1.29, 1.82) is 0 Å². The zero-order valence-corrected chi connectivity index (χ0v) is 12.0. The molecule has 3 heterocycles. The van der Waals surface area contributed by atoms with Gasteiger partial charge in [0.05, 0.1) is 17.8 Å². The third-order valence-electron chi connectivity index (χ3n) is 3.27. The summed E-state index contributed by atoms with van der Waals surface area (Å²) in [4.78, 5) is 16.2. The molecule has 0 spiro atoms. The fraction of sp³-hybridized carbons (Fsp3) is 0.286. The Morgan fingerprint density at radius 3 is 2.57 bits per heavy atom. The van der Waals surface area contributed by atoms with Crippen molar-refractivity contribution in [3.8, 4) is 11.5 Å². The molecule has 0 radical (unpaired) electrons. The molecule has 0 saturated heterocycles. The van der Waals surface area contributed by atoms with E-state index in [2.05, 4.69) is 15.3 Å². The average molecular weight is 286 g/mol. The molecule has 3 aromatic heterocycles. The Kier molecular flexibility index (Phi) is 3.17. The van der Waals surface area contributed by atoms with Crippen LogP contribution in [0.3, 0.4) is 0 Å². The van der Waals surface area contributed by atoms with E-state index in [0.29, 0.717) is 29.6 Å². The molecular formula is C14H14N4O3. The number of pyridine rings is 1. The minimum Gasteiger partial charge on any atom is -0.361 e. The second-order valence-electron chi connectivity index (χ2n) is 4.83. The van der Waals surface area contributed by atoms with Crippen LogP contribution in [0.5, 0.6) is 0 Å². The lowest BCUT2D eigenvalue weighted by molar-refractivity contribution is 0.392. The normalized spacial score (nSPS) is 11.0. The van der Waals surface area contributed by atoms with Crippen molar-refractivity contribution in [1.82, 2.24) is 19.9 Å². The molecular weight excluding hydrogens is 272 g/mol. The minimum absolute atomic E-state index is 0.116. The zero-order chi connectivity index (χ0) is 15.0. The molecule has 0 aliphatic heterocycles. The van der Waals surface area contributed by atoms with E-state index in [1.807, 2.05) is 13.8 Å². The van der Waals surface area contributed by atoms with E-state index in [-0.39, 0.29) is 5.56 Å². The first kappa shape index (κ1) is 13.3. The Morgan fingerprint density at radius 1 is 1.14 bits per heavy atom. The molecule has 3 aromatic rings. The van der Waals surface area contributed by atoms with Crippen LogP contribution in [0.1, 0.15) is 22.8 Å². The van der Waals surface area contributed by atoms with E-state index >= 15 is 0 Å². The summed E-state index contributed by atoms with van der Waals surface area (Å²) in [5, 5.41) is 7.65. The van der Waals surface area contributed by atoms with Crippen molar-refractivity contribution in [2.24, 2.45) is 0 Å². The number of aryl methyl sites for hydroxylation is 3. The summed E-state index contributed by atoms with van der Waals surface area (Å²) in [5.74, 6) is 1.65. The van der Waals surface area contributed by atoms with Crippen LogP contribution < -0.4 is 5.56 Å². The van der Waals surface area contributed by atoms with Gasteiger partial charge in [0.25, 0.3) is 11.4 Å². The van der Waals surface area contributed by atoms with Crippen LogP contribution in [0.25, 0.3) is 11.5 Å². The highest BCUT2D eigenvalue weighted by Gasteiger charge is 2.12. The third kappa shape index (κ3) is 2.49. The van der Waals surface area contributed by atoms with Gasteiger partial charge >= 0.3 is 0 Å². The third-order valence-corrected chi connectivity index (χ3v) is 3.27. The van der Waals surface area contributed by atoms with Crippen LogP contribution in [0, 0.1) is 20.8 Å². The van der Waals surface area contributed by atoms with Gasteiger partial charge in [0.15, 0.2) is 5.82 Å². The van der Waals surface area contributed by atoms with Crippen LogP contribution in [0.2, 0.25) is 0 Å². The van der Waals surface area contributed by atoms with Gasteiger partial charge in [-0.2, -0.15) is 4.98 Å². The standard InChI is InChI=1S/C14H14N4O3/c1-8-12(9(2)20-16-8)7-18-6-11(4-5-13(18)19)14-15-10(3)17-21-14/h4-6H,7H2,1-3H3. The Morgan fingerprint density at radius 2 is 1.95 bits per heavy atom. The molecule has 21 heavy (non-hydrogen) atoms. The van der Waals surface area contributed by atoms with Crippen molar-refractivity contribution < 1.29 is 9.05 Å². The molecule has 0 fully saturated rings. The maximum Gasteiger partial charge on any atom is 0.259 e. The van der Waals surface area contributed by atoms with Crippen LogP contribution in [0.4, 0.5) is 0 Å². The monoisotopic (exact) mass is 286 g/mol. The molecule has 108 valence electrons. The summed E-state index contributed by atoms with van der Waals surface area (Å²) in [6.07, 6.45) is 1.70. The van der Waals surface area contributed by atoms with Gasteiger partial charge in [-0.3, -0.25) is 4.79 Å². The topological polar surface area (TPSA) is 87.0 Å². The summed E-state index contributed by atoms with van der Waals surface area (Å²) >= 11 is 0. The lowest BCUT2D eigenvalue weighted by atomic mass is 10.2. The van der Waals surface area contributed by atoms with Crippen LogP contribution in [-0.4, -0.2) is 19.9 Å². The SMILES string of the molecule is Cc1noc(-c2ccc(=O)n(Cc3c(C)noc3C)c2)n1. The molecule has 0 unspecified atom stereocenters. The van der Waals surface area contributed by atoms with Gasteiger partial charge in [-0.15, -0.1) is 0 Å². The van der Waals surface area contributed by atoms with Crippen molar-refractivity contribution in [3.63, 3.8) is 0 Å². The van der Waals surface area contributed by atoms with E-state index in [1.54, 1.807) is 23.8 Å². The molecule has 0 aromatic carbocycles. The zero-order valence-electron chi connectivity index (χ0n) is 12.0. The van der Waals surface area contributed by atoms with Crippen molar-refractivity contribution in [3.05, 3.63) is 51.5 Å². The van der Waals surface area contributed by atoms with Crippen LogP contribution in [0.15, 0.2) is 32.2 Å². The first-order valence-corrected chi connectivity index (χ1v) is 6.47. The fourth-order valence-corrected chi connectivity index (χ4v) is 2.09. The molecule has 0 saturated carbocycles. The van der Waals surface area contributed by atoms with Gasteiger partial charge in [0.1, 0.15) is 5.76 Å². The van der Waals surface area contributed by atoms with E-state index in [1.165, 1.54) is 6.07 Å². The summed E-state index contributed by atoms with van der Waals surface area (Å²) in [6, 6.07) is 3.15. The summed E-state index contributed by atoms with van der Waals surface area (Å²) in [5.41, 5.74) is 2.26. The molecule has 0 aliphatic carbocycles. The second kappa shape index (κ2) is 5.01. The van der Waals surface area contributed by atoms with E-state index in [0.717, 1.165) is 11.3 Å². The predicted molar refractivity (Wildman–Crippen MR) is 73.8 cm³/mol. The maximum absolute atomic E-state index is 12.0. The van der Waals surface area contributed by atoms with Gasteiger partial charge in [0.2, 0.25) is 0 Å². The first-order chi connectivity index (χ1) is 10.0. The molecule has 0 amide bonds. The first-order valence-electron chi connectivity index (χ1n) is 6.47. The summed E-state index contributed by atoms with van der Waals surface area (Å²) in [6.45, 7) is 5.81. The molecule has 0 N–H and O–H groups in total. The fourth-order valence-electron chi connectivity index (χ4n) is 2.09. The van der Waals surface area contributed by atoms with Crippen LogP contribution >= 0.6 is 0 Å². The Bertz CT molecular complexity index is 825. The minimum atomic E-state index is -0.116. The summed E-state index contributed by atoms with van der Waals surface area (Å²) in [7, 11) is 0. The number of aromatic nitrogens is 4. The number of hydrogen-bond acceptors (Lipinski definition) is 6. The van der Waals surface area contributed by atoms with Gasteiger partial charge in [0, 0.05) is 17.8 Å². The molecule has 0 atom stereocenters. The van der Waals surface area contributed by atoms with Crippen molar-refractivity contribution in [2.45, 2.75) is 27.3 Å². The predicted octanol–water partition coefficient (Wildman–Crippen LogP) is 1.86. The highest BCUT2D eigenvalue weighted by Crippen LogP contribution is 2.17. The van der Waals surface area contributed by atoms with Gasteiger partial charge in [-0.05, 0) is 26.8 Å². The quantitative estimate of drug-likeness (QED) is 0.730. The molecule has 7 heteroatoms.